The van der Waals surface area contributed by atoms with Crippen LogP contribution in [-0.4, -0.2) is 75.5 Å². The van der Waals surface area contributed by atoms with Crippen LogP contribution in [0.5, 0.6) is 5.75 Å². The van der Waals surface area contributed by atoms with Crippen LogP contribution in [0.25, 0.3) is 22.3 Å². The molecule has 4 heterocycles. The van der Waals surface area contributed by atoms with Crippen molar-refractivity contribution in [1.82, 2.24) is 29.7 Å². The van der Waals surface area contributed by atoms with Crippen molar-refractivity contribution in [1.29, 1.82) is 0 Å². The number of aromatic amines is 1. The maximum absolute atomic E-state index is 13.0. The number of rotatable bonds is 8. The molecule has 196 valence electrons. The molecule has 2 fully saturated rings. The zero-order valence-electron chi connectivity index (χ0n) is 21.9. The van der Waals surface area contributed by atoms with Crippen LogP contribution in [0.15, 0.2) is 54.9 Å². The zero-order valence-corrected chi connectivity index (χ0v) is 21.9. The molecule has 1 aliphatic carbocycles. The minimum Gasteiger partial charge on any atom is -0.493 e. The van der Waals surface area contributed by atoms with Gasteiger partial charge in [0.2, 0.25) is 5.95 Å². The third kappa shape index (κ3) is 5.19. The Morgan fingerprint density at radius 2 is 1.84 bits per heavy atom. The van der Waals surface area contributed by atoms with Gasteiger partial charge in [-0.1, -0.05) is 6.92 Å². The van der Waals surface area contributed by atoms with Crippen molar-refractivity contribution in [2.24, 2.45) is 5.41 Å². The molecule has 38 heavy (non-hydrogen) atoms. The molecule has 1 amide bonds. The Morgan fingerprint density at radius 3 is 2.63 bits per heavy atom. The average molecular weight is 512 g/mol. The van der Waals surface area contributed by atoms with Gasteiger partial charge in [-0.3, -0.25) is 9.78 Å². The lowest BCUT2D eigenvalue weighted by atomic mass is 10.1. The van der Waals surface area contributed by atoms with E-state index < -0.39 is 0 Å². The molecule has 1 aliphatic heterocycles. The number of piperazine rings is 1. The van der Waals surface area contributed by atoms with Crippen LogP contribution in [0.3, 0.4) is 0 Å². The van der Waals surface area contributed by atoms with Crippen molar-refractivity contribution in [2.45, 2.75) is 26.2 Å². The first-order valence-electron chi connectivity index (χ1n) is 13.3. The second-order valence-electron chi connectivity index (χ2n) is 10.5. The van der Waals surface area contributed by atoms with Gasteiger partial charge in [0.05, 0.1) is 18.0 Å². The molecule has 0 spiro atoms. The number of nitrogens with one attached hydrogen (secondary N) is 2. The number of hydrogen-bond donors (Lipinski definition) is 2. The van der Waals surface area contributed by atoms with Crippen LogP contribution < -0.4 is 10.1 Å². The Bertz CT molecular complexity index is 1450. The summed E-state index contributed by atoms with van der Waals surface area (Å²) in [5, 5.41) is 4.25. The Hall–Kier alpha value is -3.98. The van der Waals surface area contributed by atoms with E-state index in [1.165, 1.54) is 12.8 Å². The number of carbonyl (C=O) groups is 1. The van der Waals surface area contributed by atoms with Gasteiger partial charge < -0.3 is 24.8 Å². The third-order valence-corrected chi connectivity index (χ3v) is 7.80. The maximum Gasteiger partial charge on any atom is 0.270 e. The van der Waals surface area contributed by atoms with E-state index in [0.29, 0.717) is 22.8 Å². The summed E-state index contributed by atoms with van der Waals surface area (Å²) < 4.78 is 6.08. The van der Waals surface area contributed by atoms with E-state index in [1.807, 2.05) is 47.4 Å². The summed E-state index contributed by atoms with van der Waals surface area (Å²) in [6.07, 6.45) is 7.11. The van der Waals surface area contributed by atoms with Gasteiger partial charge in [-0.05, 0) is 62.7 Å². The molecule has 1 saturated heterocycles. The Labute approximate surface area is 222 Å². The fourth-order valence-electron chi connectivity index (χ4n) is 4.85. The molecule has 2 N–H and O–H groups in total. The Kier molecular flexibility index (Phi) is 6.45. The van der Waals surface area contributed by atoms with E-state index in [4.69, 9.17) is 4.74 Å². The third-order valence-electron chi connectivity index (χ3n) is 7.80. The lowest BCUT2D eigenvalue weighted by molar-refractivity contribution is 0.0659. The van der Waals surface area contributed by atoms with Gasteiger partial charge in [0.25, 0.3) is 5.91 Å². The number of ether oxygens (including phenoxy) is 1. The summed E-state index contributed by atoms with van der Waals surface area (Å²) in [7, 11) is 2.08. The summed E-state index contributed by atoms with van der Waals surface area (Å²) in [6, 6.07) is 13.5. The number of aromatic nitrogens is 4. The number of H-pyrrole nitrogens is 1. The molecular weight excluding hydrogens is 478 g/mol. The van der Waals surface area contributed by atoms with E-state index in [-0.39, 0.29) is 5.91 Å². The molecule has 1 aromatic carbocycles. The fourth-order valence-corrected chi connectivity index (χ4v) is 4.85. The van der Waals surface area contributed by atoms with Gasteiger partial charge in [-0.25, -0.2) is 9.97 Å². The molecule has 0 unspecified atom stereocenters. The van der Waals surface area contributed by atoms with Crippen molar-refractivity contribution in [3.63, 3.8) is 0 Å². The van der Waals surface area contributed by atoms with Crippen molar-refractivity contribution >= 4 is 28.4 Å². The number of likely N-dealkylation sites (N-methyl/N-ethyl adjacent to an activating group) is 1. The highest BCUT2D eigenvalue weighted by molar-refractivity contribution is 5.98. The van der Waals surface area contributed by atoms with Gasteiger partial charge in [0.1, 0.15) is 11.4 Å². The Morgan fingerprint density at radius 1 is 1.03 bits per heavy atom. The van der Waals surface area contributed by atoms with Crippen LogP contribution in [0.2, 0.25) is 0 Å². The number of nitrogens with zero attached hydrogens (tertiary/aromatic N) is 5. The summed E-state index contributed by atoms with van der Waals surface area (Å²) in [4.78, 5) is 34.0. The van der Waals surface area contributed by atoms with Crippen molar-refractivity contribution in [3.8, 4) is 17.1 Å². The number of amides is 1. The van der Waals surface area contributed by atoms with E-state index in [1.54, 1.807) is 12.4 Å². The quantitative estimate of drug-likeness (QED) is 0.353. The van der Waals surface area contributed by atoms with Crippen LogP contribution in [0, 0.1) is 5.41 Å². The smallest absolute Gasteiger partial charge is 0.270 e. The first-order valence-corrected chi connectivity index (χ1v) is 13.3. The molecular formula is C29H33N7O2. The predicted molar refractivity (Wildman–Crippen MR) is 148 cm³/mol. The molecule has 6 rings (SSSR count). The zero-order chi connectivity index (χ0) is 26.1. The number of carbonyl (C=O) groups excluding carboxylic acids is 1. The maximum atomic E-state index is 13.0. The van der Waals surface area contributed by atoms with Gasteiger partial charge in [0, 0.05) is 66.6 Å². The standard InChI is InChI=1S/C29H33N7O2/c1-3-29(8-9-29)19-38-22-6-10-30-25(18-22)24-7-11-31-28(34-24)32-21-4-5-23-20(16-21)17-26(33-23)27(37)36-14-12-35(2)13-15-36/h4-7,10-11,16-18,33H,3,8-9,12-15,19H2,1-2H3,(H,31,32,34). The topological polar surface area (TPSA) is 99.3 Å². The normalized spacial score (nSPS) is 16.9. The SMILES string of the molecule is CCC1(COc2ccnc(-c3ccnc(Nc4ccc5[nH]c(C(=O)N6CCN(C)CC6)cc5c4)n3)c2)CC1. The monoisotopic (exact) mass is 511 g/mol. The van der Waals surface area contributed by atoms with Crippen LogP contribution in [0.1, 0.15) is 36.7 Å². The Balaban J connectivity index is 1.16. The molecule has 4 aromatic rings. The minimum absolute atomic E-state index is 0.0422. The molecule has 0 atom stereocenters. The average Bonchev–Trinajstić information content (AvgIpc) is 3.62. The van der Waals surface area contributed by atoms with E-state index in [2.05, 4.69) is 44.1 Å². The second kappa shape index (κ2) is 10.1. The summed E-state index contributed by atoms with van der Waals surface area (Å²) >= 11 is 0. The van der Waals surface area contributed by atoms with Crippen LogP contribution in [0.4, 0.5) is 11.6 Å². The number of hydrogen-bond acceptors (Lipinski definition) is 7. The van der Waals surface area contributed by atoms with E-state index in [9.17, 15) is 4.79 Å². The fraction of sp³-hybridized carbons (Fsp3) is 0.379. The number of benzene rings is 1. The first-order chi connectivity index (χ1) is 18.5. The predicted octanol–water partition coefficient (Wildman–Crippen LogP) is 4.72. The summed E-state index contributed by atoms with van der Waals surface area (Å²) in [5.74, 6) is 1.32. The lowest BCUT2D eigenvalue weighted by Crippen LogP contribution is -2.47. The number of fused-ring (bicyclic) bond motifs is 1. The van der Waals surface area contributed by atoms with Crippen molar-refractivity contribution in [3.05, 3.63) is 60.6 Å². The lowest BCUT2D eigenvalue weighted by Gasteiger charge is -2.32. The highest BCUT2D eigenvalue weighted by atomic mass is 16.5. The van der Waals surface area contributed by atoms with Crippen molar-refractivity contribution < 1.29 is 9.53 Å². The van der Waals surface area contributed by atoms with E-state index in [0.717, 1.165) is 67.2 Å². The second-order valence-corrected chi connectivity index (χ2v) is 10.5. The molecule has 9 heteroatoms. The molecule has 1 saturated carbocycles. The van der Waals surface area contributed by atoms with Crippen molar-refractivity contribution in [2.75, 3.05) is 45.2 Å². The van der Waals surface area contributed by atoms with Gasteiger partial charge in [0.15, 0.2) is 0 Å². The largest absolute Gasteiger partial charge is 0.493 e. The molecule has 9 nitrogen and oxygen atoms in total. The molecule has 0 bridgehead atoms. The molecule has 2 aliphatic rings. The summed E-state index contributed by atoms with van der Waals surface area (Å²) in [6.45, 7) is 6.25. The number of pyridine rings is 1. The minimum atomic E-state index is 0.0422. The highest BCUT2D eigenvalue weighted by Crippen LogP contribution is 2.48. The van der Waals surface area contributed by atoms with E-state index >= 15 is 0 Å². The van der Waals surface area contributed by atoms with Gasteiger partial charge >= 0.3 is 0 Å². The molecule has 0 radical (unpaired) electrons. The molecule has 3 aromatic heterocycles. The number of anilines is 2. The first kappa shape index (κ1) is 24.4. The van der Waals surface area contributed by atoms with Gasteiger partial charge in [-0.2, -0.15) is 0 Å². The highest BCUT2D eigenvalue weighted by Gasteiger charge is 2.41. The summed E-state index contributed by atoms with van der Waals surface area (Å²) in [5.41, 5.74) is 4.18. The van der Waals surface area contributed by atoms with Crippen LogP contribution >= 0.6 is 0 Å². The van der Waals surface area contributed by atoms with Crippen LogP contribution in [-0.2, 0) is 0 Å². The van der Waals surface area contributed by atoms with Gasteiger partial charge in [-0.15, -0.1) is 0 Å².